The highest BCUT2D eigenvalue weighted by Gasteiger charge is 2.42. The van der Waals surface area contributed by atoms with Crippen LogP contribution in [0.3, 0.4) is 0 Å². The molecule has 1 aliphatic heterocycles. The van der Waals surface area contributed by atoms with Crippen molar-refractivity contribution in [3.63, 3.8) is 0 Å². The SMILES string of the molecule is CCCCOC(=O)C(O)[C@H]1C[C@H](O[Si](C)(C)C(C)(C)C)CN1. The van der Waals surface area contributed by atoms with Gasteiger partial charge in [0.1, 0.15) is 0 Å². The summed E-state index contributed by atoms with van der Waals surface area (Å²) in [4.78, 5) is 11.8. The number of hydrogen-bond donors (Lipinski definition) is 2. The van der Waals surface area contributed by atoms with Gasteiger partial charge >= 0.3 is 5.97 Å². The molecule has 1 fully saturated rings. The summed E-state index contributed by atoms with van der Waals surface area (Å²) < 4.78 is 11.4. The van der Waals surface area contributed by atoms with Crippen LogP contribution in [0.5, 0.6) is 0 Å². The minimum atomic E-state index is -1.83. The van der Waals surface area contributed by atoms with E-state index in [4.69, 9.17) is 9.16 Å². The van der Waals surface area contributed by atoms with E-state index in [9.17, 15) is 9.90 Å². The van der Waals surface area contributed by atoms with Crippen molar-refractivity contribution in [3.05, 3.63) is 0 Å². The average molecular weight is 332 g/mol. The van der Waals surface area contributed by atoms with Gasteiger partial charge in [-0.25, -0.2) is 4.79 Å². The summed E-state index contributed by atoms with van der Waals surface area (Å²) in [6.07, 6.45) is 1.39. The van der Waals surface area contributed by atoms with Crippen LogP contribution in [0.4, 0.5) is 0 Å². The lowest BCUT2D eigenvalue weighted by molar-refractivity contribution is -0.155. The number of unbranched alkanes of at least 4 members (excludes halogenated alkanes) is 1. The molecule has 0 spiro atoms. The number of ether oxygens (including phenoxy) is 1. The van der Waals surface area contributed by atoms with Crippen LogP contribution in [-0.4, -0.2) is 50.8 Å². The Morgan fingerprint density at radius 2 is 2.05 bits per heavy atom. The van der Waals surface area contributed by atoms with Gasteiger partial charge in [-0.3, -0.25) is 0 Å². The Morgan fingerprint density at radius 1 is 1.41 bits per heavy atom. The molecule has 1 heterocycles. The topological polar surface area (TPSA) is 67.8 Å². The molecular formula is C16H33NO4Si. The van der Waals surface area contributed by atoms with Crippen molar-refractivity contribution in [1.29, 1.82) is 0 Å². The minimum absolute atomic E-state index is 0.0592. The summed E-state index contributed by atoms with van der Waals surface area (Å²) in [7, 11) is -1.83. The number of esters is 1. The highest BCUT2D eigenvalue weighted by atomic mass is 28.4. The van der Waals surface area contributed by atoms with Crippen molar-refractivity contribution in [1.82, 2.24) is 5.32 Å². The molecule has 0 saturated carbocycles. The van der Waals surface area contributed by atoms with Crippen molar-refractivity contribution in [2.75, 3.05) is 13.2 Å². The van der Waals surface area contributed by atoms with Crippen LogP contribution >= 0.6 is 0 Å². The summed E-state index contributed by atoms with van der Waals surface area (Å²) >= 11 is 0. The van der Waals surface area contributed by atoms with Crippen LogP contribution in [0.25, 0.3) is 0 Å². The van der Waals surface area contributed by atoms with Crippen LogP contribution in [0.2, 0.25) is 18.1 Å². The molecule has 1 saturated heterocycles. The van der Waals surface area contributed by atoms with Gasteiger partial charge in [0.15, 0.2) is 14.4 Å². The number of nitrogens with one attached hydrogen (secondary N) is 1. The number of hydrogen-bond acceptors (Lipinski definition) is 5. The lowest BCUT2D eigenvalue weighted by Crippen LogP contribution is -2.44. The molecule has 5 nitrogen and oxygen atoms in total. The Kier molecular flexibility index (Phi) is 7.04. The third-order valence-corrected chi connectivity index (χ3v) is 9.29. The summed E-state index contributed by atoms with van der Waals surface area (Å²) in [5.74, 6) is -0.529. The standard InChI is InChI=1S/C16H33NO4Si/c1-7-8-9-20-15(19)14(18)13-10-12(11-17-13)21-22(5,6)16(2,3)4/h12-14,17-18H,7-11H2,1-6H3/t12-,13+,14?/m0/s1. The van der Waals surface area contributed by atoms with Crippen LogP contribution in [0.1, 0.15) is 47.0 Å². The van der Waals surface area contributed by atoms with E-state index in [0.29, 0.717) is 19.6 Å². The zero-order valence-corrected chi connectivity index (χ0v) is 15.9. The lowest BCUT2D eigenvalue weighted by atomic mass is 10.1. The maximum atomic E-state index is 11.8. The van der Waals surface area contributed by atoms with Crippen molar-refractivity contribution in [2.24, 2.45) is 0 Å². The first kappa shape index (κ1) is 19.6. The molecule has 3 atom stereocenters. The normalized spacial score (nSPS) is 24.3. The van der Waals surface area contributed by atoms with E-state index in [-0.39, 0.29) is 17.2 Å². The predicted octanol–water partition coefficient (Wildman–Crippen LogP) is 2.44. The van der Waals surface area contributed by atoms with Crippen molar-refractivity contribution < 1.29 is 19.1 Å². The second-order valence-electron chi connectivity index (χ2n) is 7.72. The van der Waals surface area contributed by atoms with Crippen LogP contribution in [0.15, 0.2) is 0 Å². The number of carbonyl (C=O) groups is 1. The third-order valence-electron chi connectivity index (χ3n) is 4.76. The Hall–Kier alpha value is -0.433. The Bertz CT molecular complexity index is 368. The molecule has 0 aromatic rings. The maximum absolute atomic E-state index is 11.8. The van der Waals surface area contributed by atoms with E-state index in [2.05, 4.69) is 39.2 Å². The van der Waals surface area contributed by atoms with Gasteiger partial charge < -0.3 is 19.6 Å². The second kappa shape index (κ2) is 7.90. The van der Waals surface area contributed by atoms with Crippen molar-refractivity contribution in [3.8, 4) is 0 Å². The first-order chi connectivity index (χ1) is 10.1. The molecule has 1 aliphatic rings. The number of carbonyl (C=O) groups excluding carboxylic acids is 1. The predicted molar refractivity (Wildman–Crippen MR) is 90.4 cm³/mol. The number of rotatable bonds is 7. The van der Waals surface area contributed by atoms with Gasteiger partial charge in [-0.15, -0.1) is 0 Å². The van der Waals surface area contributed by atoms with Gasteiger partial charge in [0.2, 0.25) is 0 Å². The molecule has 0 aromatic carbocycles. The molecule has 6 heteroatoms. The molecule has 130 valence electrons. The summed E-state index contributed by atoms with van der Waals surface area (Å²) in [6.45, 7) is 14.1. The van der Waals surface area contributed by atoms with Crippen LogP contribution in [0, 0.1) is 0 Å². The molecular weight excluding hydrogens is 298 g/mol. The number of aliphatic hydroxyl groups excluding tert-OH is 1. The van der Waals surface area contributed by atoms with Gasteiger partial charge in [0.05, 0.1) is 12.7 Å². The molecule has 1 unspecified atom stereocenters. The average Bonchev–Trinajstić information content (AvgIpc) is 2.84. The van der Waals surface area contributed by atoms with Crippen LogP contribution < -0.4 is 5.32 Å². The van der Waals surface area contributed by atoms with E-state index >= 15 is 0 Å². The minimum Gasteiger partial charge on any atom is -0.464 e. The van der Waals surface area contributed by atoms with Gasteiger partial charge in [0, 0.05) is 12.6 Å². The van der Waals surface area contributed by atoms with E-state index in [1.807, 2.05) is 6.92 Å². The van der Waals surface area contributed by atoms with Crippen molar-refractivity contribution in [2.45, 2.75) is 83.3 Å². The summed E-state index contributed by atoms with van der Waals surface area (Å²) in [5.41, 5.74) is 0. The van der Waals surface area contributed by atoms with Crippen molar-refractivity contribution >= 4 is 14.3 Å². The molecule has 0 radical (unpaired) electrons. The first-order valence-corrected chi connectivity index (χ1v) is 11.2. The molecule has 0 bridgehead atoms. The summed E-state index contributed by atoms with van der Waals surface area (Å²) in [6, 6.07) is -0.274. The van der Waals surface area contributed by atoms with E-state index in [1.165, 1.54) is 0 Å². The van der Waals surface area contributed by atoms with Gasteiger partial charge in [-0.2, -0.15) is 0 Å². The quantitative estimate of drug-likeness (QED) is 0.426. The Balaban J connectivity index is 2.47. The fourth-order valence-electron chi connectivity index (χ4n) is 2.22. The van der Waals surface area contributed by atoms with Gasteiger partial charge in [-0.05, 0) is 31.0 Å². The smallest absolute Gasteiger partial charge is 0.336 e. The highest BCUT2D eigenvalue weighted by Crippen LogP contribution is 2.38. The maximum Gasteiger partial charge on any atom is 0.336 e. The molecule has 0 aromatic heterocycles. The van der Waals surface area contributed by atoms with E-state index in [1.54, 1.807) is 0 Å². The van der Waals surface area contributed by atoms with E-state index < -0.39 is 20.4 Å². The molecule has 1 rings (SSSR count). The monoisotopic (exact) mass is 331 g/mol. The van der Waals surface area contributed by atoms with Gasteiger partial charge in [0.25, 0.3) is 0 Å². The molecule has 0 aliphatic carbocycles. The fourth-order valence-corrected chi connectivity index (χ4v) is 3.59. The second-order valence-corrected chi connectivity index (χ2v) is 12.5. The summed E-state index contributed by atoms with van der Waals surface area (Å²) in [5, 5.41) is 13.5. The first-order valence-electron chi connectivity index (χ1n) is 8.34. The molecule has 2 N–H and O–H groups in total. The number of aliphatic hydroxyl groups is 1. The van der Waals surface area contributed by atoms with Crippen LogP contribution in [-0.2, 0) is 14.0 Å². The largest absolute Gasteiger partial charge is 0.464 e. The third kappa shape index (κ3) is 5.33. The fraction of sp³-hybridized carbons (Fsp3) is 0.938. The Labute approximate surface area is 135 Å². The lowest BCUT2D eigenvalue weighted by Gasteiger charge is -2.38. The van der Waals surface area contributed by atoms with Gasteiger partial charge in [-0.1, -0.05) is 34.1 Å². The zero-order valence-electron chi connectivity index (χ0n) is 14.9. The van der Waals surface area contributed by atoms with E-state index in [0.717, 1.165) is 12.8 Å². The molecule has 22 heavy (non-hydrogen) atoms. The Morgan fingerprint density at radius 3 is 2.59 bits per heavy atom. The highest BCUT2D eigenvalue weighted by molar-refractivity contribution is 6.74. The molecule has 0 amide bonds. The zero-order chi connectivity index (χ0) is 17.0.